The normalized spacial score (nSPS) is 16.1. The SMILES string of the molecule is CN(C)C(=O)N1CCN(C(=O)COc2ccc(C#N)cc2)C(C)(C)C1. The van der Waals surface area contributed by atoms with Crippen LogP contribution in [0.3, 0.4) is 0 Å². The van der Waals surface area contributed by atoms with Gasteiger partial charge in [0.15, 0.2) is 6.61 Å². The Morgan fingerprint density at radius 1 is 1.24 bits per heavy atom. The molecule has 0 aromatic heterocycles. The van der Waals surface area contributed by atoms with Crippen LogP contribution in [-0.2, 0) is 4.79 Å². The molecule has 7 heteroatoms. The van der Waals surface area contributed by atoms with Crippen molar-refractivity contribution in [3.8, 4) is 11.8 Å². The zero-order valence-corrected chi connectivity index (χ0v) is 15.2. The Hall–Kier alpha value is -2.75. The van der Waals surface area contributed by atoms with E-state index < -0.39 is 5.54 Å². The second kappa shape index (κ2) is 7.43. The molecule has 0 atom stereocenters. The van der Waals surface area contributed by atoms with Crippen LogP contribution in [0.4, 0.5) is 4.79 Å². The largest absolute Gasteiger partial charge is 0.484 e. The van der Waals surface area contributed by atoms with Gasteiger partial charge in [-0.05, 0) is 38.1 Å². The summed E-state index contributed by atoms with van der Waals surface area (Å²) < 4.78 is 5.54. The van der Waals surface area contributed by atoms with Crippen LogP contribution in [0.25, 0.3) is 0 Å². The maximum atomic E-state index is 12.6. The minimum atomic E-state index is -0.463. The summed E-state index contributed by atoms with van der Waals surface area (Å²) in [5.74, 6) is 0.429. The first-order valence-electron chi connectivity index (χ1n) is 8.14. The quantitative estimate of drug-likeness (QED) is 0.833. The molecule has 7 nitrogen and oxygen atoms in total. The zero-order chi connectivity index (χ0) is 18.6. The molecule has 0 bridgehead atoms. The minimum Gasteiger partial charge on any atom is -0.484 e. The average Bonchev–Trinajstić information content (AvgIpc) is 2.58. The molecule has 0 aliphatic carbocycles. The molecule has 1 aliphatic rings. The van der Waals surface area contributed by atoms with E-state index in [1.165, 1.54) is 0 Å². The van der Waals surface area contributed by atoms with Crippen molar-refractivity contribution >= 4 is 11.9 Å². The average molecular weight is 344 g/mol. The standard InChI is InChI=1S/C18H24N4O3/c1-18(2)13-21(17(24)20(3)4)9-10-22(18)16(23)12-25-15-7-5-14(11-19)6-8-15/h5-8H,9-10,12-13H2,1-4H3. The number of hydrogen-bond donors (Lipinski definition) is 0. The molecular formula is C18H24N4O3. The third kappa shape index (κ3) is 4.41. The first kappa shape index (κ1) is 18.6. The van der Waals surface area contributed by atoms with E-state index in [2.05, 4.69) is 0 Å². The van der Waals surface area contributed by atoms with Crippen molar-refractivity contribution in [2.45, 2.75) is 19.4 Å². The van der Waals surface area contributed by atoms with E-state index in [1.54, 1.807) is 53.1 Å². The summed E-state index contributed by atoms with van der Waals surface area (Å²) in [7, 11) is 3.44. The van der Waals surface area contributed by atoms with Crippen molar-refractivity contribution in [3.05, 3.63) is 29.8 Å². The molecule has 1 heterocycles. The van der Waals surface area contributed by atoms with E-state index in [0.29, 0.717) is 30.9 Å². The number of nitriles is 1. The number of nitrogens with zero attached hydrogens (tertiary/aromatic N) is 4. The molecule has 0 N–H and O–H groups in total. The van der Waals surface area contributed by atoms with E-state index in [1.807, 2.05) is 19.9 Å². The highest BCUT2D eigenvalue weighted by Crippen LogP contribution is 2.22. The Kier molecular flexibility index (Phi) is 5.52. The van der Waals surface area contributed by atoms with Gasteiger partial charge < -0.3 is 19.4 Å². The Bertz CT molecular complexity index is 677. The summed E-state index contributed by atoms with van der Waals surface area (Å²) in [6, 6.07) is 8.63. The lowest BCUT2D eigenvalue weighted by Gasteiger charge is -2.47. The second-order valence-corrected chi connectivity index (χ2v) is 6.88. The van der Waals surface area contributed by atoms with Gasteiger partial charge in [0.1, 0.15) is 5.75 Å². The van der Waals surface area contributed by atoms with E-state index >= 15 is 0 Å². The van der Waals surface area contributed by atoms with Crippen LogP contribution in [0.2, 0.25) is 0 Å². The fraction of sp³-hybridized carbons (Fsp3) is 0.500. The van der Waals surface area contributed by atoms with Crippen LogP contribution >= 0.6 is 0 Å². The van der Waals surface area contributed by atoms with E-state index in [9.17, 15) is 9.59 Å². The molecule has 0 unspecified atom stereocenters. The summed E-state index contributed by atoms with van der Waals surface area (Å²) >= 11 is 0. The van der Waals surface area contributed by atoms with Gasteiger partial charge in [0.25, 0.3) is 5.91 Å². The van der Waals surface area contributed by atoms with Gasteiger partial charge in [0.05, 0.1) is 17.2 Å². The van der Waals surface area contributed by atoms with Crippen LogP contribution in [0.5, 0.6) is 5.75 Å². The number of rotatable bonds is 3. The fourth-order valence-corrected chi connectivity index (χ4v) is 2.91. The summed E-state index contributed by atoms with van der Waals surface area (Å²) in [6.45, 7) is 5.28. The molecule has 1 aromatic rings. The van der Waals surface area contributed by atoms with Gasteiger partial charge in [0.2, 0.25) is 0 Å². The van der Waals surface area contributed by atoms with Gasteiger partial charge in [0, 0.05) is 33.7 Å². The van der Waals surface area contributed by atoms with Crippen molar-refractivity contribution in [3.63, 3.8) is 0 Å². The van der Waals surface area contributed by atoms with Gasteiger partial charge in [-0.25, -0.2) is 4.79 Å². The lowest BCUT2D eigenvalue weighted by molar-refractivity contribution is -0.142. The molecule has 1 aliphatic heterocycles. The van der Waals surface area contributed by atoms with E-state index in [4.69, 9.17) is 10.00 Å². The van der Waals surface area contributed by atoms with Crippen LogP contribution < -0.4 is 4.74 Å². The number of ether oxygens (including phenoxy) is 1. The first-order chi connectivity index (χ1) is 11.7. The Balaban J connectivity index is 1.95. The highest BCUT2D eigenvalue weighted by molar-refractivity contribution is 5.79. The van der Waals surface area contributed by atoms with Crippen molar-refractivity contribution in [1.82, 2.24) is 14.7 Å². The molecule has 1 aromatic carbocycles. The molecule has 0 radical (unpaired) electrons. The molecule has 0 saturated carbocycles. The first-order valence-corrected chi connectivity index (χ1v) is 8.14. The maximum Gasteiger partial charge on any atom is 0.319 e. The topological polar surface area (TPSA) is 76.9 Å². The lowest BCUT2D eigenvalue weighted by atomic mass is 9.99. The lowest BCUT2D eigenvalue weighted by Crippen LogP contribution is -2.63. The van der Waals surface area contributed by atoms with E-state index in [0.717, 1.165) is 0 Å². The minimum absolute atomic E-state index is 0.0472. The number of piperazine rings is 1. The monoisotopic (exact) mass is 344 g/mol. The highest BCUT2D eigenvalue weighted by atomic mass is 16.5. The summed E-state index contributed by atoms with van der Waals surface area (Å²) in [5, 5.41) is 8.79. The number of benzene rings is 1. The molecule has 2 rings (SSSR count). The van der Waals surface area contributed by atoms with E-state index in [-0.39, 0.29) is 18.5 Å². The Labute approximate surface area is 148 Å². The van der Waals surface area contributed by atoms with Crippen LogP contribution in [0, 0.1) is 11.3 Å². The number of urea groups is 1. The summed E-state index contributed by atoms with van der Waals surface area (Å²) in [4.78, 5) is 29.7. The summed E-state index contributed by atoms with van der Waals surface area (Å²) in [5.41, 5.74) is 0.0798. The van der Waals surface area contributed by atoms with Crippen LogP contribution in [-0.4, -0.2) is 72.5 Å². The van der Waals surface area contributed by atoms with Gasteiger partial charge in [-0.2, -0.15) is 5.26 Å². The fourth-order valence-electron chi connectivity index (χ4n) is 2.91. The van der Waals surface area contributed by atoms with Crippen molar-refractivity contribution in [1.29, 1.82) is 5.26 Å². The molecular weight excluding hydrogens is 320 g/mol. The van der Waals surface area contributed by atoms with Crippen molar-refractivity contribution in [2.24, 2.45) is 0 Å². The Morgan fingerprint density at radius 2 is 1.88 bits per heavy atom. The third-order valence-electron chi connectivity index (χ3n) is 4.20. The number of hydrogen-bond acceptors (Lipinski definition) is 4. The number of carbonyl (C=O) groups excluding carboxylic acids is 2. The number of amides is 3. The van der Waals surface area contributed by atoms with Gasteiger partial charge in [-0.15, -0.1) is 0 Å². The maximum absolute atomic E-state index is 12.6. The molecule has 1 fully saturated rings. The number of carbonyl (C=O) groups is 2. The molecule has 3 amide bonds. The van der Waals surface area contributed by atoms with Crippen LogP contribution in [0.1, 0.15) is 19.4 Å². The van der Waals surface area contributed by atoms with Crippen molar-refractivity contribution < 1.29 is 14.3 Å². The predicted molar refractivity (Wildman–Crippen MR) is 93.1 cm³/mol. The smallest absolute Gasteiger partial charge is 0.319 e. The summed E-state index contributed by atoms with van der Waals surface area (Å²) in [6.07, 6.45) is 0. The molecule has 0 spiro atoms. The third-order valence-corrected chi connectivity index (χ3v) is 4.20. The second-order valence-electron chi connectivity index (χ2n) is 6.88. The van der Waals surface area contributed by atoms with Gasteiger partial charge in [-0.1, -0.05) is 0 Å². The molecule has 1 saturated heterocycles. The molecule has 25 heavy (non-hydrogen) atoms. The molecule has 134 valence electrons. The zero-order valence-electron chi connectivity index (χ0n) is 15.2. The predicted octanol–water partition coefficient (Wildman–Crippen LogP) is 1.54. The van der Waals surface area contributed by atoms with Gasteiger partial charge >= 0.3 is 6.03 Å². The van der Waals surface area contributed by atoms with Crippen molar-refractivity contribution in [2.75, 3.05) is 40.3 Å². The Morgan fingerprint density at radius 3 is 2.40 bits per heavy atom. The highest BCUT2D eigenvalue weighted by Gasteiger charge is 2.38. The van der Waals surface area contributed by atoms with Crippen LogP contribution in [0.15, 0.2) is 24.3 Å². The van der Waals surface area contributed by atoms with Gasteiger partial charge in [-0.3, -0.25) is 4.79 Å².